The smallest absolute Gasteiger partial charge is 0.253 e. The van der Waals surface area contributed by atoms with Gasteiger partial charge >= 0.3 is 0 Å². The number of amides is 1. The van der Waals surface area contributed by atoms with Crippen LogP contribution in [0.25, 0.3) is 0 Å². The fourth-order valence-corrected chi connectivity index (χ4v) is 2.56. The van der Waals surface area contributed by atoms with Crippen LogP contribution in [0.3, 0.4) is 0 Å². The van der Waals surface area contributed by atoms with Gasteiger partial charge in [-0.05, 0) is 31.5 Å². The fraction of sp³-hybridized carbons (Fsp3) is 0.333. The number of nitrogens with zero attached hydrogens (tertiary/aromatic N) is 2. The fourth-order valence-electron chi connectivity index (χ4n) is 1.91. The van der Waals surface area contributed by atoms with Crippen molar-refractivity contribution in [3.05, 3.63) is 45.9 Å². The quantitative estimate of drug-likeness (QED) is 0.939. The minimum absolute atomic E-state index is 0.00867. The van der Waals surface area contributed by atoms with Crippen LogP contribution in [0.15, 0.2) is 29.1 Å². The molecule has 1 atom stereocenters. The molecule has 0 aliphatic rings. The van der Waals surface area contributed by atoms with Crippen LogP contribution >= 0.6 is 11.3 Å². The zero-order valence-corrected chi connectivity index (χ0v) is 13.0. The summed E-state index contributed by atoms with van der Waals surface area (Å²) in [7, 11) is 3.51. The van der Waals surface area contributed by atoms with E-state index in [4.69, 9.17) is 0 Å². The van der Waals surface area contributed by atoms with E-state index in [-0.39, 0.29) is 11.9 Å². The highest BCUT2D eigenvalue weighted by atomic mass is 32.1. The summed E-state index contributed by atoms with van der Waals surface area (Å²) in [5, 5.41) is 5.45. The Bertz CT molecular complexity index is 593. The number of carbonyl (C=O) groups is 1. The highest BCUT2D eigenvalue weighted by Crippen LogP contribution is 2.23. The molecule has 0 aliphatic heterocycles. The lowest BCUT2D eigenvalue weighted by atomic mass is 10.1. The standard InChI is InChI=1S/C15H19N3OS/c1-10-5-6-12(15(19)18(3)4)7-13(10)17-11(2)14-8-20-9-16-14/h5-9,11,17H,1-4H3. The first-order valence-electron chi connectivity index (χ1n) is 6.46. The molecule has 5 heteroatoms. The normalized spacial score (nSPS) is 12.0. The van der Waals surface area contributed by atoms with Gasteiger partial charge in [0.15, 0.2) is 0 Å². The van der Waals surface area contributed by atoms with Crippen molar-refractivity contribution in [1.82, 2.24) is 9.88 Å². The van der Waals surface area contributed by atoms with Crippen LogP contribution in [0.2, 0.25) is 0 Å². The first-order valence-corrected chi connectivity index (χ1v) is 7.40. The predicted octanol–water partition coefficient (Wildman–Crippen LogP) is 3.33. The number of aryl methyl sites for hydroxylation is 1. The molecule has 106 valence electrons. The summed E-state index contributed by atoms with van der Waals surface area (Å²) >= 11 is 1.58. The third kappa shape index (κ3) is 3.17. The molecule has 20 heavy (non-hydrogen) atoms. The lowest BCUT2D eigenvalue weighted by Gasteiger charge is -2.17. The van der Waals surface area contributed by atoms with Gasteiger partial charge in [-0.15, -0.1) is 11.3 Å². The molecule has 4 nitrogen and oxygen atoms in total. The Balaban J connectivity index is 2.23. The molecule has 1 aromatic heterocycles. The molecule has 1 unspecified atom stereocenters. The average Bonchev–Trinajstić information content (AvgIpc) is 2.94. The number of carbonyl (C=O) groups excluding carboxylic acids is 1. The second-order valence-corrected chi connectivity index (χ2v) is 5.73. The van der Waals surface area contributed by atoms with Crippen LogP contribution in [0.5, 0.6) is 0 Å². The first kappa shape index (κ1) is 14.5. The van der Waals surface area contributed by atoms with Gasteiger partial charge in [-0.2, -0.15) is 0 Å². The van der Waals surface area contributed by atoms with Gasteiger partial charge in [0.1, 0.15) is 0 Å². The van der Waals surface area contributed by atoms with Gasteiger partial charge in [0.05, 0.1) is 17.2 Å². The molecule has 0 saturated heterocycles. The average molecular weight is 289 g/mol. The lowest BCUT2D eigenvalue weighted by molar-refractivity contribution is 0.0827. The SMILES string of the molecule is Cc1ccc(C(=O)N(C)C)cc1NC(C)c1cscn1. The molecule has 0 aliphatic carbocycles. The highest BCUT2D eigenvalue weighted by molar-refractivity contribution is 7.07. The minimum Gasteiger partial charge on any atom is -0.377 e. The van der Waals surface area contributed by atoms with Crippen LogP contribution in [0.1, 0.15) is 34.6 Å². The molecule has 2 aromatic rings. The molecular weight excluding hydrogens is 270 g/mol. The highest BCUT2D eigenvalue weighted by Gasteiger charge is 2.12. The van der Waals surface area contributed by atoms with Crippen LogP contribution in [-0.4, -0.2) is 29.9 Å². The molecule has 1 heterocycles. The van der Waals surface area contributed by atoms with E-state index in [0.717, 1.165) is 16.9 Å². The van der Waals surface area contributed by atoms with Gasteiger partial charge in [0.2, 0.25) is 0 Å². The van der Waals surface area contributed by atoms with Crippen molar-refractivity contribution in [2.45, 2.75) is 19.9 Å². The van der Waals surface area contributed by atoms with Crippen molar-refractivity contribution in [2.24, 2.45) is 0 Å². The third-order valence-corrected chi connectivity index (χ3v) is 3.76. The van der Waals surface area contributed by atoms with Crippen molar-refractivity contribution in [2.75, 3.05) is 19.4 Å². The molecule has 1 amide bonds. The summed E-state index contributed by atoms with van der Waals surface area (Å²) in [6.45, 7) is 4.09. The molecule has 0 radical (unpaired) electrons. The Morgan fingerprint density at radius 1 is 1.40 bits per heavy atom. The number of rotatable bonds is 4. The molecule has 0 fully saturated rings. The van der Waals surface area contributed by atoms with E-state index in [1.54, 1.807) is 30.3 Å². The molecule has 0 bridgehead atoms. The zero-order valence-electron chi connectivity index (χ0n) is 12.2. The van der Waals surface area contributed by atoms with Gasteiger partial charge < -0.3 is 10.2 Å². The van der Waals surface area contributed by atoms with Crippen molar-refractivity contribution in [3.63, 3.8) is 0 Å². The van der Waals surface area contributed by atoms with E-state index in [1.807, 2.05) is 36.0 Å². The maximum Gasteiger partial charge on any atom is 0.253 e. The Labute approximate surface area is 123 Å². The van der Waals surface area contributed by atoms with Gasteiger partial charge in [0.25, 0.3) is 5.91 Å². The van der Waals surface area contributed by atoms with Gasteiger partial charge in [-0.25, -0.2) is 4.98 Å². The monoisotopic (exact) mass is 289 g/mol. The van der Waals surface area contributed by atoms with Crippen molar-refractivity contribution in [3.8, 4) is 0 Å². The number of nitrogens with one attached hydrogen (secondary N) is 1. The molecule has 1 aromatic carbocycles. The zero-order chi connectivity index (χ0) is 14.7. The summed E-state index contributed by atoms with van der Waals surface area (Å²) in [5.74, 6) is 0.00867. The van der Waals surface area contributed by atoms with E-state index in [1.165, 1.54) is 0 Å². The molecule has 0 saturated carbocycles. The Hall–Kier alpha value is -1.88. The van der Waals surface area contributed by atoms with Gasteiger partial charge in [-0.3, -0.25) is 4.79 Å². The summed E-state index contributed by atoms with van der Waals surface area (Å²) in [6.07, 6.45) is 0. The second kappa shape index (κ2) is 6.05. The molecule has 0 spiro atoms. The van der Waals surface area contributed by atoms with E-state index in [9.17, 15) is 4.79 Å². The summed E-state index contributed by atoms with van der Waals surface area (Å²) < 4.78 is 0. The predicted molar refractivity (Wildman–Crippen MR) is 83.3 cm³/mol. The van der Waals surface area contributed by atoms with Crippen LogP contribution in [-0.2, 0) is 0 Å². The van der Waals surface area contributed by atoms with Crippen LogP contribution in [0, 0.1) is 6.92 Å². The number of anilines is 1. The van der Waals surface area contributed by atoms with E-state index in [2.05, 4.69) is 17.2 Å². The Morgan fingerprint density at radius 3 is 2.75 bits per heavy atom. The summed E-state index contributed by atoms with van der Waals surface area (Å²) in [5.41, 5.74) is 5.61. The summed E-state index contributed by atoms with van der Waals surface area (Å²) in [4.78, 5) is 17.9. The molecule has 2 rings (SSSR count). The van der Waals surface area contributed by atoms with Crippen molar-refractivity contribution < 1.29 is 4.79 Å². The van der Waals surface area contributed by atoms with Crippen molar-refractivity contribution in [1.29, 1.82) is 0 Å². The van der Waals surface area contributed by atoms with Gasteiger partial charge in [-0.1, -0.05) is 6.07 Å². The van der Waals surface area contributed by atoms with Crippen LogP contribution < -0.4 is 5.32 Å². The Morgan fingerprint density at radius 2 is 2.15 bits per heavy atom. The number of hydrogen-bond donors (Lipinski definition) is 1. The summed E-state index contributed by atoms with van der Waals surface area (Å²) in [6, 6.07) is 5.84. The molecule has 1 N–H and O–H groups in total. The third-order valence-electron chi connectivity index (χ3n) is 3.16. The number of hydrogen-bond acceptors (Lipinski definition) is 4. The number of benzene rings is 1. The maximum absolute atomic E-state index is 12.0. The largest absolute Gasteiger partial charge is 0.377 e. The minimum atomic E-state index is 0.00867. The van der Waals surface area contributed by atoms with E-state index >= 15 is 0 Å². The second-order valence-electron chi connectivity index (χ2n) is 5.01. The van der Waals surface area contributed by atoms with Crippen molar-refractivity contribution >= 4 is 22.9 Å². The Kier molecular flexibility index (Phi) is 4.39. The first-order chi connectivity index (χ1) is 9.49. The van der Waals surface area contributed by atoms with E-state index < -0.39 is 0 Å². The van der Waals surface area contributed by atoms with Gasteiger partial charge in [0, 0.05) is 30.7 Å². The number of aromatic nitrogens is 1. The van der Waals surface area contributed by atoms with E-state index in [0.29, 0.717) is 5.56 Å². The maximum atomic E-state index is 12.0. The lowest BCUT2D eigenvalue weighted by Crippen LogP contribution is -2.22. The number of thiazole rings is 1. The topological polar surface area (TPSA) is 45.2 Å². The molecular formula is C15H19N3OS. The van der Waals surface area contributed by atoms with Crippen LogP contribution in [0.4, 0.5) is 5.69 Å².